The number of nitrogens with zero attached hydrogens (tertiary/aromatic N) is 2. The van der Waals surface area contributed by atoms with Gasteiger partial charge in [0.1, 0.15) is 11.5 Å². The minimum Gasteiger partial charge on any atom is -0.508 e. The highest BCUT2D eigenvalue weighted by molar-refractivity contribution is 6.11. The molecule has 1 unspecified atom stereocenters. The molecule has 1 atom stereocenters. The predicted molar refractivity (Wildman–Crippen MR) is 125 cm³/mol. The number of hydrogen-bond acceptors (Lipinski definition) is 5. The molecule has 2 amide bonds. The minimum atomic E-state index is -0.366. The van der Waals surface area contributed by atoms with Crippen molar-refractivity contribution in [1.82, 2.24) is 5.43 Å². The Labute approximate surface area is 191 Å². The molecule has 168 valence electrons. The topological polar surface area (TPSA) is 95.1 Å². The molecular weight excluding hydrogens is 418 g/mol. The van der Waals surface area contributed by atoms with Crippen LogP contribution in [-0.4, -0.2) is 28.7 Å². The van der Waals surface area contributed by atoms with Crippen molar-refractivity contribution < 1.29 is 19.1 Å². The molecule has 2 N–H and O–H groups in total. The van der Waals surface area contributed by atoms with Crippen LogP contribution >= 0.6 is 0 Å². The number of para-hydroxylation sites is 1. The number of carbonyl (C=O) groups is 2. The Bertz CT molecular complexity index is 1270. The first-order valence-electron chi connectivity index (χ1n) is 11.1. The minimum absolute atomic E-state index is 0.0502. The number of rotatable bonds is 3. The molecule has 0 fully saturated rings. The van der Waals surface area contributed by atoms with Gasteiger partial charge >= 0.3 is 0 Å². The zero-order valence-electron chi connectivity index (χ0n) is 18.6. The number of phenols is 1. The van der Waals surface area contributed by atoms with Crippen LogP contribution < -0.4 is 10.3 Å². The average Bonchev–Trinajstić information content (AvgIpc) is 3.34. The number of hydrogen-bond donors (Lipinski definition) is 2. The van der Waals surface area contributed by atoms with E-state index in [1.165, 1.54) is 24.3 Å². The quantitative estimate of drug-likeness (QED) is 0.588. The van der Waals surface area contributed by atoms with E-state index in [4.69, 9.17) is 4.42 Å². The van der Waals surface area contributed by atoms with E-state index in [1.54, 1.807) is 0 Å². The SMILES string of the molecule is Cc1c(C(=O)N2c3ccccc3CC2C)oc2c1/C(=N/NC(=O)c1ccc(O)cc1)CCC2. The van der Waals surface area contributed by atoms with Gasteiger partial charge in [0.25, 0.3) is 11.8 Å². The standard InChI is InChI=1S/C26H25N3O4/c1-15-14-18-6-3-4-8-21(18)29(15)26(32)24-16(2)23-20(7-5-9-22(23)33-24)27-28-25(31)17-10-12-19(30)13-11-17/h3-4,6,8,10-13,15,30H,5,7,9,14H2,1-2H3,(H,28,31)/b27-20+. The van der Waals surface area contributed by atoms with Crippen LogP contribution in [-0.2, 0) is 12.8 Å². The summed E-state index contributed by atoms with van der Waals surface area (Å²) < 4.78 is 6.10. The van der Waals surface area contributed by atoms with Crippen LogP contribution in [0.5, 0.6) is 5.75 Å². The van der Waals surface area contributed by atoms with Gasteiger partial charge in [0.2, 0.25) is 0 Å². The zero-order valence-corrected chi connectivity index (χ0v) is 18.6. The number of aryl methyl sites for hydroxylation is 1. The molecule has 5 rings (SSSR count). The second-order valence-corrected chi connectivity index (χ2v) is 8.61. The lowest BCUT2D eigenvalue weighted by Gasteiger charge is -2.21. The molecule has 3 aromatic rings. The molecule has 2 aliphatic rings. The van der Waals surface area contributed by atoms with Crippen LogP contribution in [0.1, 0.15) is 63.1 Å². The predicted octanol–water partition coefficient (Wildman–Crippen LogP) is 4.36. The van der Waals surface area contributed by atoms with E-state index < -0.39 is 0 Å². The Hall–Kier alpha value is -3.87. The van der Waals surface area contributed by atoms with E-state index >= 15 is 0 Å². The number of phenolic OH excluding ortho intramolecular Hbond substituents is 1. The maximum atomic E-state index is 13.5. The van der Waals surface area contributed by atoms with E-state index in [2.05, 4.69) is 16.6 Å². The lowest BCUT2D eigenvalue weighted by atomic mass is 9.93. The number of amides is 2. The number of aromatic hydroxyl groups is 1. The van der Waals surface area contributed by atoms with E-state index in [0.717, 1.165) is 47.4 Å². The highest BCUT2D eigenvalue weighted by Gasteiger charge is 2.36. The maximum Gasteiger partial charge on any atom is 0.294 e. The molecular formula is C26H25N3O4. The van der Waals surface area contributed by atoms with Crippen molar-refractivity contribution in [1.29, 1.82) is 0 Å². The number of benzene rings is 2. The summed E-state index contributed by atoms with van der Waals surface area (Å²) in [6, 6.07) is 14.0. The Morgan fingerprint density at radius 2 is 1.88 bits per heavy atom. The molecule has 0 saturated heterocycles. The molecule has 0 saturated carbocycles. The highest BCUT2D eigenvalue weighted by atomic mass is 16.4. The molecule has 0 radical (unpaired) electrons. The van der Waals surface area contributed by atoms with Crippen molar-refractivity contribution in [3.05, 3.63) is 82.3 Å². The van der Waals surface area contributed by atoms with Crippen LogP contribution in [0.25, 0.3) is 0 Å². The summed E-state index contributed by atoms with van der Waals surface area (Å²) >= 11 is 0. The molecule has 2 heterocycles. The first-order chi connectivity index (χ1) is 15.9. The number of carbonyl (C=O) groups excluding carboxylic acids is 2. The second-order valence-electron chi connectivity index (χ2n) is 8.61. The Kier molecular flexibility index (Phi) is 5.24. The van der Waals surface area contributed by atoms with Crippen LogP contribution in [0, 0.1) is 6.92 Å². The number of hydrazone groups is 1. The normalized spacial score (nSPS) is 18.2. The monoisotopic (exact) mass is 443 g/mol. The summed E-state index contributed by atoms with van der Waals surface area (Å²) in [4.78, 5) is 27.8. The van der Waals surface area contributed by atoms with Gasteiger partial charge in [0.15, 0.2) is 5.76 Å². The molecule has 33 heavy (non-hydrogen) atoms. The van der Waals surface area contributed by atoms with Gasteiger partial charge in [-0.3, -0.25) is 9.59 Å². The van der Waals surface area contributed by atoms with Gasteiger partial charge in [-0.25, -0.2) is 5.43 Å². The van der Waals surface area contributed by atoms with Crippen molar-refractivity contribution in [2.45, 2.75) is 45.6 Å². The van der Waals surface area contributed by atoms with Crippen molar-refractivity contribution in [3.8, 4) is 5.75 Å². The first-order valence-corrected chi connectivity index (χ1v) is 11.1. The van der Waals surface area contributed by atoms with Crippen molar-refractivity contribution in [3.63, 3.8) is 0 Å². The summed E-state index contributed by atoms with van der Waals surface area (Å²) in [7, 11) is 0. The van der Waals surface area contributed by atoms with Gasteiger partial charge in [-0.15, -0.1) is 0 Å². The number of furan rings is 1. The van der Waals surface area contributed by atoms with Gasteiger partial charge in [0.05, 0.1) is 5.71 Å². The molecule has 0 bridgehead atoms. The van der Waals surface area contributed by atoms with Crippen molar-refractivity contribution in [2.75, 3.05) is 4.90 Å². The number of nitrogens with one attached hydrogen (secondary N) is 1. The molecule has 1 aliphatic carbocycles. The van der Waals surface area contributed by atoms with Gasteiger partial charge in [-0.2, -0.15) is 5.10 Å². The third-order valence-corrected chi connectivity index (χ3v) is 6.37. The Morgan fingerprint density at radius 3 is 2.67 bits per heavy atom. The first kappa shape index (κ1) is 21.0. The van der Waals surface area contributed by atoms with Gasteiger partial charge < -0.3 is 14.4 Å². The molecule has 2 aromatic carbocycles. The van der Waals surface area contributed by atoms with Crippen molar-refractivity contribution in [2.24, 2.45) is 5.10 Å². The summed E-state index contributed by atoms with van der Waals surface area (Å²) in [5.41, 5.74) is 7.36. The fourth-order valence-corrected chi connectivity index (χ4v) is 4.76. The van der Waals surface area contributed by atoms with Gasteiger partial charge in [-0.05, 0) is 69.0 Å². The Balaban J connectivity index is 1.44. The summed E-state index contributed by atoms with van der Waals surface area (Å²) in [5.74, 6) is 0.653. The van der Waals surface area contributed by atoms with E-state index in [0.29, 0.717) is 23.5 Å². The van der Waals surface area contributed by atoms with Crippen LogP contribution in [0.4, 0.5) is 5.69 Å². The zero-order chi connectivity index (χ0) is 23.1. The van der Waals surface area contributed by atoms with Crippen molar-refractivity contribution >= 4 is 23.2 Å². The fourth-order valence-electron chi connectivity index (χ4n) is 4.76. The third kappa shape index (κ3) is 3.69. The molecule has 7 nitrogen and oxygen atoms in total. The molecule has 0 spiro atoms. The van der Waals surface area contributed by atoms with Gasteiger partial charge in [0, 0.05) is 34.8 Å². The van der Waals surface area contributed by atoms with Crippen LogP contribution in [0.15, 0.2) is 58.0 Å². The summed E-state index contributed by atoms with van der Waals surface area (Å²) in [6.07, 6.45) is 3.04. The molecule has 1 aromatic heterocycles. The fraction of sp³-hybridized carbons (Fsp3) is 0.269. The second kappa shape index (κ2) is 8.24. The number of fused-ring (bicyclic) bond motifs is 2. The lowest BCUT2D eigenvalue weighted by Crippen LogP contribution is -2.35. The molecule has 7 heteroatoms. The van der Waals surface area contributed by atoms with Gasteiger partial charge in [-0.1, -0.05) is 18.2 Å². The van der Waals surface area contributed by atoms with E-state index in [1.807, 2.05) is 36.9 Å². The average molecular weight is 444 g/mol. The Morgan fingerprint density at radius 1 is 1.12 bits per heavy atom. The maximum absolute atomic E-state index is 13.5. The van der Waals surface area contributed by atoms with Crippen LogP contribution in [0.2, 0.25) is 0 Å². The third-order valence-electron chi connectivity index (χ3n) is 6.37. The smallest absolute Gasteiger partial charge is 0.294 e. The molecule has 1 aliphatic heterocycles. The summed E-state index contributed by atoms with van der Waals surface area (Å²) in [5, 5.41) is 13.8. The van der Waals surface area contributed by atoms with E-state index in [9.17, 15) is 14.7 Å². The lowest BCUT2D eigenvalue weighted by molar-refractivity contribution is 0.0946. The number of anilines is 1. The summed E-state index contributed by atoms with van der Waals surface area (Å²) in [6.45, 7) is 3.92. The van der Waals surface area contributed by atoms with Crippen LogP contribution in [0.3, 0.4) is 0 Å². The van der Waals surface area contributed by atoms with E-state index in [-0.39, 0.29) is 23.6 Å². The largest absolute Gasteiger partial charge is 0.508 e. The highest BCUT2D eigenvalue weighted by Crippen LogP contribution is 2.36.